The molecule has 0 atom stereocenters. The molecule has 8 heteroatoms. The van der Waals surface area contributed by atoms with Gasteiger partial charge in [-0.15, -0.1) is 0 Å². The van der Waals surface area contributed by atoms with Gasteiger partial charge in [-0.1, -0.05) is 42.5 Å². The zero-order chi connectivity index (χ0) is 21.6. The van der Waals surface area contributed by atoms with Crippen molar-refractivity contribution in [3.63, 3.8) is 0 Å². The van der Waals surface area contributed by atoms with Crippen molar-refractivity contribution >= 4 is 28.6 Å². The highest BCUT2D eigenvalue weighted by molar-refractivity contribution is 6.08. The molecule has 4 aromatic rings. The van der Waals surface area contributed by atoms with Crippen molar-refractivity contribution in [1.29, 1.82) is 5.41 Å². The number of nitrogens with one attached hydrogen (secondary N) is 3. The van der Waals surface area contributed by atoms with Gasteiger partial charge in [0.25, 0.3) is 5.91 Å². The molecule has 0 aliphatic heterocycles. The second-order valence-electron chi connectivity index (χ2n) is 7.18. The van der Waals surface area contributed by atoms with E-state index in [0.717, 1.165) is 17.4 Å². The second-order valence-corrected chi connectivity index (χ2v) is 7.18. The number of H-pyrrole nitrogens is 1. The molecule has 0 fully saturated rings. The van der Waals surface area contributed by atoms with Crippen molar-refractivity contribution in [3.05, 3.63) is 89.7 Å². The standard InChI is InChI=1S/C23H23N7O/c24-23(25)30(13-11-16-4-2-1-3-5-16)15-17-6-8-18(9-7-17)22(31)28-20-10-12-26-21-19(20)14-27-29-21/h1-10,12,14H,11,13,15H2,(H3,24,25)(H2,26,27,28,29,31). The summed E-state index contributed by atoms with van der Waals surface area (Å²) in [6, 6.07) is 19.2. The molecule has 8 nitrogen and oxygen atoms in total. The number of rotatable bonds is 7. The molecule has 0 bridgehead atoms. The van der Waals surface area contributed by atoms with Gasteiger partial charge in [-0.3, -0.25) is 15.3 Å². The Bertz CT molecular complexity index is 1190. The lowest BCUT2D eigenvalue weighted by Crippen LogP contribution is -2.37. The van der Waals surface area contributed by atoms with Crippen molar-refractivity contribution in [2.75, 3.05) is 11.9 Å². The molecule has 31 heavy (non-hydrogen) atoms. The number of carbonyl (C=O) groups is 1. The average Bonchev–Trinajstić information content (AvgIpc) is 3.27. The fourth-order valence-corrected chi connectivity index (χ4v) is 3.33. The van der Waals surface area contributed by atoms with E-state index < -0.39 is 0 Å². The smallest absolute Gasteiger partial charge is 0.255 e. The predicted molar refractivity (Wildman–Crippen MR) is 121 cm³/mol. The first kappa shape index (κ1) is 20.1. The van der Waals surface area contributed by atoms with E-state index in [2.05, 4.69) is 32.6 Å². The molecule has 2 aromatic carbocycles. The fraction of sp³-hybridized carbons (Fsp3) is 0.130. The molecule has 0 aliphatic carbocycles. The summed E-state index contributed by atoms with van der Waals surface area (Å²) >= 11 is 0. The largest absolute Gasteiger partial charge is 0.370 e. The molecule has 0 saturated heterocycles. The third kappa shape index (κ3) is 4.87. The van der Waals surface area contributed by atoms with Gasteiger partial charge in [-0.05, 0) is 35.7 Å². The Labute approximate surface area is 179 Å². The lowest BCUT2D eigenvalue weighted by Gasteiger charge is -2.23. The monoisotopic (exact) mass is 413 g/mol. The Balaban J connectivity index is 1.40. The van der Waals surface area contributed by atoms with Crippen LogP contribution in [-0.2, 0) is 13.0 Å². The highest BCUT2D eigenvalue weighted by Gasteiger charge is 2.12. The molecule has 5 N–H and O–H groups in total. The van der Waals surface area contributed by atoms with Crippen LogP contribution in [0.15, 0.2) is 73.1 Å². The number of benzene rings is 2. The van der Waals surface area contributed by atoms with Crippen LogP contribution in [0.25, 0.3) is 11.0 Å². The molecule has 0 spiro atoms. The van der Waals surface area contributed by atoms with Crippen LogP contribution >= 0.6 is 0 Å². The van der Waals surface area contributed by atoms with Crippen LogP contribution in [0.3, 0.4) is 0 Å². The molecule has 0 aliphatic rings. The van der Waals surface area contributed by atoms with E-state index in [9.17, 15) is 4.79 Å². The quantitative estimate of drug-likeness (QED) is 0.274. The third-order valence-corrected chi connectivity index (χ3v) is 5.05. The summed E-state index contributed by atoms with van der Waals surface area (Å²) in [5.41, 5.74) is 9.76. The van der Waals surface area contributed by atoms with E-state index in [1.54, 1.807) is 30.6 Å². The SMILES string of the molecule is N=C(N)N(CCc1ccccc1)Cc1ccc(C(=O)Nc2ccnc3[nH]ncc23)cc1. The molecule has 1 amide bonds. The summed E-state index contributed by atoms with van der Waals surface area (Å²) in [5, 5.41) is 18.3. The maximum atomic E-state index is 12.7. The maximum Gasteiger partial charge on any atom is 0.255 e. The highest BCUT2D eigenvalue weighted by Crippen LogP contribution is 2.20. The predicted octanol–water partition coefficient (Wildman–Crippen LogP) is 3.15. The third-order valence-electron chi connectivity index (χ3n) is 5.05. The molecule has 0 unspecified atom stereocenters. The van der Waals surface area contributed by atoms with Gasteiger partial charge in [0.05, 0.1) is 17.3 Å². The number of guanidine groups is 1. The normalized spacial score (nSPS) is 10.7. The van der Waals surface area contributed by atoms with Gasteiger partial charge in [0.15, 0.2) is 11.6 Å². The minimum absolute atomic E-state index is 0.0274. The molecule has 0 radical (unpaired) electrons. The minimum Gasteiger partial charge on any atom is -0.370 e. The van der Waals surface area contributed by atoms with Gasteiger partial charge in [-0.2, -0.15) is 5.10 Å². The van der Waals surface area contributed by atoms with Crippen LogP contribution in [0.5, 0.6) is 0 Å². The maximum absolute atomic E-state index is 12.7. The number of nitrogens with zero attached hydrogens (tertiary/aromatic N) is 3. The Hall–Kier alpha value is -4.20. The van der Waals surface area contributed by atoms with Gasteiger partial charge >= 0.3 is 0 Å². The van der Waals surface area contributed by atoms with E-state index in [-0.39, 0.29) is 11.9 Å². The van der Waals surface area contributed by atoms with Gasteiger partial charge in [0.1, 0.15) is 0 Å². The summed E-state index contributed by atoms with van der Waals surface area (Å²) in [5.74, 6) is -0.188. The molecular weight excluding hydrogens is 390 g/mol. The first-order chi connectivity index (χ1) is 15.1. The fourth-order valence-electron chi connectivity index (χ4n) is 3.33. The van der Waals surface area contributed by atoms with Crippen LogP contribution < -0.4 is 11.1 Å². The molecule has 2 heterocycles. The highest BCUT2D eigenvalue weighted by atomic mass is 16.1. The van der Waals surface area contributed by atoms with E-state index in [0.29, 0.717) is 30.0 Å². The Morgan fingerprint density at radius 2 is 1.84 bits per heavy atom. The molecule has 2 aromatic heterocycles. The van der Waals surface area contributed by atoms with Crippen molar-refractivity contribution in [3.8, 4) is 0 Å². The number of hydrogen-bond acceptors (Lipinski definition) is 4. The van der Waals surface area contributed by atoms with Crippen LogP contribution in [0.2, 0.25) is 0 Å². The lowest BCUT2D eigenvalue weighted by atomic mass is 10.1. The Kier molecular flexibility index (Phi) is 5.89. The zero-order valence-corrected chi connectivity index (χ0v) is 16.9. The van der Waals surface area contributed by atoms with E-state index in [4.69, 9.17) is 11.1 Å². The average molecular weight is 413 g/mol. The molecular formula is C23H23N7O. The number of aromatic amines is 1. The topological polar surface area (TPSA) is 124 Å². The Morgan fingerprint density at radius 3 is 2.58 bits per heavy atom. The van der Waals surface area contributed by atoms with Crippen molar-refractivity contribution in [2.45, 2.75) is 13.0 Å². The molecule has 0 saturated carbocycles. The Morgan fingerprint density at radius 1 is 1.06 bits per heavy atom. The van der Waals surface area contributed by atoms with Crippen molar-refractivity contribution in [1.82, 2.24) is 20.1 Å². The number of pyridine rings is 1. The van der Waals surface area contributed by atoms with Crippen molar-refractivity contribution in [2.24, 2.45) is 5.73 Å². The number of aromatic nitrogens is 3. The second kappa shape index (κ2) is 9.08. The van der Waals surface area contributed by atoms with Gasteiger partial charge in [0.2, 0.25) is 0 Å². The summed E-state index contributed by atoms with van der Waals surface area (Å²) in [6.45, 7) is 1.15. The van der Waals surface area contributed by atoms with Crippen LogP contribution in [0.4, 0.5) is 5.69 Å². The summed E-state index contributed by atoms with van der Waals surface area (Å²) in [6.07, 6.45) is 4.05. The number of hydrogen-bond donors (Lipinski definition) is 4. The number of nitrogens with two attached hydrogens (primary N) is 1. The first-order valence-electron chi connectivity index (χ1n) is 9.91. The number of carbonyl (C=O) groups excluding carboxylic acids is 1. The minimum atomic E-state index is -0.215. The zero-order valence-electron chi connectivity index (χ0n) is 16.9. The van der Waals surface area contributed by atoms with Crippen molar-refractivity contribution < 1.29 is 4.79 Å². The number of amides is 1. The van der Waals surface area contributed by atoms with Gasteiger partial charge in [0, 0.05) is 24.8 Å². The van der Waals surface area contributed by atoms with Gasteiger partial charge < -0.3 is 16.0 Å². The van der Waals surface area contributed by atoms with Crippen LogP contribution in [0, 0.1) is 5.41 Å². The van der Waals surface area contributed by atoms with Gasteiger partial charge in [-0.25, -0.2) is 4.98 Å². The molecule has 156 valence electrons. The summed E-state index contributed by atoms with van der Waals surface area (Å²) < 4.78 is 0. The summed E-state index contributed by atoms with van der Waals surface area (Å²) in [4.78, 5) is 18.6. The van der Waals surface area contributed by atoms with E-state index >= 15 is 0 Å². The number of anilines is 1. The lowest BCUT2D eigenvalue weighted by molar-refractivity contribution is 0.102. The van der Waals surface area contributed by atoms with Crippen LogP contribution in [-0.4, -0.2) is 38.5 Å². The van der Waals surface area contributed by atoms with E-state index in [1.807, 2.05) is 35.2 Å². The summed E-state index contributed by atoms with van der Waals surface area (Å²) in [7, 11) is 0. The first-order valence-corrected chi connectivity index (χ1v) is 9.91. The molecule has 4 rings (SSSR count). The van der Waals surface area contributed by atoms with E-state index in [1.165, 1.54) is 5.56 Å². The number of fused-ring (bicyclic) bond motifs is 1. The van der Waals surface area contributed by atoms with Crippen LogP contribution in [0.1, 0.15) is 21.5 Å².